The fourth-order valence-corrected chi connectivity index (χ4v) is 4.58. The molecule has 7 nitrogen and oxygen atoms in total. The number of carboxylic acid groups (broad SMARTS) is 1. The van der Waals surface area contributed by atoms with E-state index in [1.807, 2.05) is 0 Å². The van der Waals surface area contributed by atoms with Crippen LogP contribution in [-0.4, -0.2) is 49.4 Å². The van der Waals surface area contributed by atoms with Crippen molar-refractivity contribution in [2.45, 2.75) is 50.5 Å². The molecule has 2 N–H and O–H groups in total. The summed E-state index contributed by atoms with van der Waals surface area (Å²) in [6, 6.07) is 4.50. The van der Waals surface area contributed by atoms with Crippen LogP contribution in [0.1, 0.15) is 48.5 Å². The molecule has 1 saturated heterocycles. The molecule has 0 bridgehead atoms. The van der Waals surface area contributed by atoms with Gasteiger partial charge in [-0.05, 0) is 57.2 Å². The van der Waals surface area contributed by atoms with Crippen LogP contribution < -0.4 is 4.72 Å². The number of rotatable bonds is 5. The summed E-state index contributed by atoms with van der Waals surface area (Å²) in [5, 5.41) is 9.44. The maximum Gasteiger partial charge on any atom is 0.311 e. The van der Waals surface area contributed by atoms with Gasteiger partial charge >= 0.3 is 5.97 Å². The van der Waals surface area contributed by atoms with Crippen LogP contribution in [0.4, 0.5) is 0 Å². The Morgan fingerprint density at radius 2 is 2.00 bits per heavy atom. The second-order valence-electron chi connectivity index (χ2n) is 7.57. The third kappa shape index (κ3) is 3.76. The van der Waals surface area contributed by atoms with E-state index in [1.165, 1.54) is 17.0 Å². The number of likely N-dealkylation sites (tertiary alicyclic amines) is 1. The van der Waals surface area contributed by atoms with E-state index in [4.69, 9.17) is 0 Å². The quantitative estimate of drug-likeness (QED) is 0.810. The molecule has 2 aliphatic rings. The molecule has 1 atom stereocenters. The van der Waals surface area contributed by atoms with Crippen molar-refractivity contribution >= 4 is 21.9 Å². The number of carboxylic acids is 1. The fourth-order valence-electron chi connectivity index (χ4n) is 3.25. The number of amides is 1. The Bertz CT molecular complexity index is 847. The van der Waals surface area contributed by atoms with E-state index in [1.54, 1.807) is 19.9 Å². The van der Waals surface area contributed by atoms with Crippen LogP contribution in [0, 0.1) is 12.3 Å². The largest absolute Gasteiger partial charge is 0.481 e. The maximum absolute atomic E-state index is 13.0. The molecule has 26 heavy (non-hydrogen) atoms. The number of sulfonamides is 1. The number of benzene rings is 1. The maximum atomic E-state index is 13.0. The molecule has 1 aliphatic heterocycles. The zero-order valence-corrected chi connectivity index (χ0v) is 15.8. The summed E-state index contributed by atoms with van der Waals surface area (Å²) in [5.74, 6) is -1.24. The van der Waals surface area contributed by atoms with Gasteiger partial charge in [-0.3, -0.25) is 9.59 Å². The summed E-state index contributed by atoms with van der Waals surface area (Å²) >= 11 is 0. The first-order valence-corrected chi connectivity index (χ1v) is 10.3. The summed E-state index contributed by atoms with van der Waals surface area (Å²) < 4.78 is 27.5. The van der Waals surface area contributed by atoms with Crippen LogP contribution in [0.2, 0.25) is 0 Å². The second-order valence-corrected chi connectivity index (χ2v) is 9.28. The van der Waals surface area contributed by atoms with Crippen molar-refractivity contribution in [1.29, 1.82) is 0 Å². The number of carbonyl (C=O) groups excluding carboxylic acids is 1. The van der Waals surface area contributed by atoms with Crippen LogP contribution >= 0.6 is 0 Å². The van der Waals surface area contributed by atoms with E-state index < -0.39 is 21.4 Å². The highest BCUT2D eigenvalue weighted by Gasteiger charge is 2.40. The van der Waals surface area contributed by atoms with E-state index in [0.717, 1.165) is 12.8 Å². The zero-order valence-electron chi connectivity index (χ0n) is 15.0. The van der Waals surface area contributed by atoms with Crippen molar-refractivity contribution in [3.05, 3.63) is 29.3 Å². The minimum atomic E-state index is -3.65. The highest BCUT2D eigenvalue weighted by molar-refractivity contribution is 7.89. The summed E-state index contributed by atoms with van der Waals surface area (Å²) in [7, 11) is -3.65. The van der Waals surface area contributed by atoms with Gasteiger partial charge in [0, 0.05) is 24.7 Å². The molecule has 1 aromatic carbocycles. The van der Waals surface area contributed by atoms with Crippen LogP contribution in [0.15, 0.2) is 23.1 Å². The Morgan fingerprint density at radius 1 is 1.31 bits per heavy atom. The van der Waals surface area contributed by atoms with Gasteiger partial charge in [-0.2, -0.15) is 0 Å². The van der Waals surface area contributed by atoms with Gasteiger partial charge in [0.05, 0.1) is 10.3 Å². The van der Waals surface area contributed by atoms with Crippen molar-refractivity contribution in [3.63, 3.8) is 0 Å². The van der Waals surface area contributed by atoms with Gasteiger partial charge in [-0.25, -0.2) is 13.1 Å². The number of aliphatic carboxylic acids is 1. The third-order valence-corrected chi connectivity index (χ3v) is 6.67. The Labute approximate surface area is 153 Å². The third-order valence-electron chi connectivity index (χ3n) is 5.15. The first-order valence-electron chi connectivity index (χ1n) is 8.78. The SMILES string of the molecule is Cc1ccc(S(=O)(=O)NC2CC2)cc1C(=O)N1CCCC(C)(C(=O)O)C1. The topological polar surface area (TPSA) is 104 Å². The van der Waals surface area contributed by atoms with Crippen LogP contribution in [-0.2, 0) is 14.8 Å². The standard InChI is InChI=1S/C18H24N2O5S/c1-12-4-7-14(26(24,25)19-13-5-6-13)10-15(12)16(21)20-9-3-8-18(2,11-20)17(22)23/h4,7,10,13,19H,3,5-6,8-9,11H2,1-2H3,(H,22,23). The molecule has 1 aromatic rings. The molecular weight excluding hydrogens is 356 g/mol. The fraction of sp³-hybridized carbons (Fsp3) is 0.556. The number of hydrogen-bond donors (Lipinski definition) is 2. The highest BCUT2D eigenvalue weighted by Crippen LogP contribution is 2.31. The average Bonchev–Trinajstić information content (AvgIpc) is 3.37. The van der Waals surface area contributed by atoms with Crippen molar-refractivity contribution in [2.24, 2.45) is 5.41 Å². The summed E-state index contributed by atoms with van der Waals surface area (Å²) in [6.07, 6.45) is 2.79. The normalized spacial score (nSPS) is 23.7. The predicted molar refractivity (Wildman–Crippen MR) is 95.4 cm³/mol. The Kier molecular flexibility index (Phi) is 4.83. The summed E-state index contributed by atoms with van der Waals surface area (Å²) in [4.78, 5) is 26.1. The lowest BCUT2D eigenvalue weighted by molar-refractivity contribution is -0.150. The molecule has 1 heterocycles. The van der Waals surface area contributed by atoms with Crippen LogP contribution in [0.5, 0.6) is 0 Å². The van der Waals surface area contributed by atoms with Gasteiger partial charge in [0.25, 0.3) is 5.91 Å². The molecule has 0 radical (unpaired) electrons. The predicted octanol–water partition coefficient (Wildman–Crippen LogP) is 1.76. The monoisotopic (exact) mass is 380 g/mol. The molecule has 1 unspecified atom stereocenters. The minimum Gasteiger partial charge on any atom is -0.481 e. The van der Waals surface area contributed by atoms with Crippen molar-refractivity contribution < 1.29 is 23.1 Å². The smallest absolute Gasteiger partial charge is 0.311 e. The summed E-state index contributed by atoms with van der Waals surface area (Å²) in [5.41, 5.74) is 0.000227. The highest BCUT2D eigenvalue weighted by atomic mass is 32.2. The zero-order chi connectivity index (χ0) is 19.1. The van der Waals surface area contributed by atoms with E-state index in [2.05, 4.69) is 4.72 Å². The lowest BCUT2D eigenvalue weighted by Gasteiger charge is -2.37. The lowest BCUT2D eigenvalue weighted by Crippen LogP contribution is -2.48. The van der Waals surface area contributed by atoms with Gasteiger partial charge in [0.2, 0.25) is 10.0 Å². The molecule has 2 fully saturated rings. The number of piperidine rings is 1. The van der Waals surface area contributed by atoms with E-state index in [-0.39, 0.29) is 23.4 Å². The average molecular weight is 380 g/mol. The van der Waals surface area contributed by atoms with E-state index in [9.17, 15) is 23.1 Å². The van der Waals surface area contributed by atoms with Crippen LogP contribution in [0.3, 0.4) is 0 Å². The van der Waals surface area contributed by atoms with Gasteiger partial charge in [-0.15, -0.1) is 0 Å². The molecule has 0 spiro atoms. The molecule has 1 aliphatic carbocycles. The molecule has 8 heteroatoms. The van der Waals surface area contributed by atoms with E-state index in [0.29, 0.717) is 30.5 Å². The van der Waals surface area contributed by atoms with Crippen molar-refractivity contribution in [2.75, 3.05) is 13.1 Å². The number of carbonyl (C=O) groups is 2. The molecule has 1 saturated carbocycles. The Hall–Kier alpha value is -1.93. The number of aryl methyl sites for hydroxylation is 1. The lowest BCUT2D eigenvalue weighted by atomic mass is 9.82. The molecular formula is C18H24N2O5S. The molecule has 1 amide bonds. The van der Waals surface area contributed by atoms with Gasteiger partial charge in [0.15, 0.2) is 0 Å². The van der Waals surface area contributed by atoms with Crippen molar-refractivity contribution in [3.8, 4) is 0 Å². The first kappa shape index (κ1) is 18.8. The number of hydrogen-bond acceptors (Lipinski definition) is 4. The Morgan fingerprint density at radius 3 is 2.62 bits per heavy atom. The van der Waals surface area contributed by atoms with Gasteiger partial charge < -0.3 is 10.0 Å². The van der Waals surface area contributed by atoms with Gasteiger partial charge in [0.1, 0.15) is 0 Å². The summed E-state index contributed by atoms with van der Waals surface area (Å²) in [6.45, 7) is 3.98. The minimum absolute atomic E-state index is 0.0150. The van der Waals surface area contributed by atoms with Crippen molar-refractivity contribution in [1.82, 2.24) is 9.62 Å². The molecule has 3 rings (SSSR count). The number of nitrogens with one attached hydrogen (secondary N) is 1. The number of nitrogens with zero attached hydrogens (tertiary/aromatic N) is 1. The van der Waals surface area contributed by atoms with E-state index >= 15 is 0 Å². The molecule has 0 aromatic heterocycles. The Balaban J connectivity index is 1.87. The molecule has 142 valence electrons. The first-order chi connectivity index (χ1) is 12.1. The second kappa shape index (κ2) is 6.66. The van der Waals surface area contributed by atoms with Gasteiger partial charge in [-0.1, -0.05) is 6.07 Å². The van der Waals surface area contributed by atoms with Crippen LogP contribution in [0.25, 0.3) is 0 Å².